The van der Waals surface area contributed by atoms with Gasteiger partial charge < -0.3 is 4.74 Å². The predicted molar refractivity (Wildman–Crippen MR) is 86.4 cm³/mol. The van der Waals surface area contributed by atoms with Gasteiger partial charge in [0, 0.05) is 16.2 Å². The zero-order valence-electron chi connectivity index (χ0n) is 12.0. The highest BCUT2D eigenvalue weighted by Crippen LogP contribution is 2.26. The third kappa shape index (κ3) is 6.50. The maximum Gasteiger partial charge on any atom is 0.305 e. The van der Waals surface area contributed by atoms with E-state index in [4.69, 9.17) is 4.74 Å². The molecular formula is C18H20O2S. The zero-order chi connectivity index (χ0) is 14.8. The molecule has 3 rings (SSSR count). The molecule has 2 nitrogen and oxygen atoms in total. The summed E-state index contributed by atoms with van der Waals surface area (Å²) >= 11 is 1.79. The van der Waals surface area contributed by atoms with Crippen molar-refractivity contribution in [3.63, 3.8) is 0 Å². The summed E-state index contributed by atoms with van der Waals surface area (Å²) in [6.07, 6.45) is 3.83. The van der Waals surface area contributed by atoms with Crippen LogP contribution in [0.2, 0.25) is 0 Å². The lowest BCUT2D eigenvalue weighted by molar-refractivity contribution is -0.142. The molecule has 0 saturated carbocycles. The van der Waals surface area contributed by atoms with Gasteiger partial charge >= 0.3 is 5.97 Å². The van der Waals surface area contributed by atoms with Gasteiger partial charge in [-0.1, -0.05) is 48.2 Å². The van der Waals surface area contributed by atoms with Crippen LogP contribution in [0.15, 0.2) is 70.5 Å². The van der Waals surface area contributed by atoms with Crippen LogP contribution >= 0.6 is 11.8 Å². The Hall–Kier alpha value is -1.74. The van der Waals surface area contributed by atoms with Gasteiger partial charge in [0.1, 0.15) is 0 Å². The summed E-state index contributed by atoms with van der Waals surface area (Å²) in [5.41, 5.74) is 0. The highest BCUT2D eigenvalue weighted by atomic mass is 32.2. The molecule has 110 valence electrons. The van der Waals surface area contributed by atoms with Gasteiger partial charge in [0.15, 0.2) is 0 Å². The van der Waals surface area contributed by atoms with Crippen molar-refractivity contribution in [2.24, 2.45) is 0 Å². The van der Waals surface area contributed by atoms with Gasteiger partial charge in [-0.25, -0.2) is 0 Å². The molecule has 0 atom stereocenters. The van der Waals surface area contributed by atoms with Crippen molar-refractivity contribution < 1.29 is 9.53 Å². The SMILES string of the molecule is O=C1CCCCCO1.c1ccc(Sc2ccccc2)cc1. The number of hydrogen-bond donors (Lipinski definition) is 0. The molecule has 0 aromatic heterocycles. The zero-order valence-corrected chi connectivity index (χ0v) is 12.9. The number of benzene rings is 2. The average Bonchev–Trinajstić information content (AvgIpc) is 2.78. The molecule has 21 heavy (non-hydrogen) atoms. The first-order chi connectivity index (χ1) is 10.3. The first-order valence-electron chi connectivity index (χ1n) is 7.28. The summed E-state index contributed by atoms with van der Waals surface area (Å²) in [7, 11) is 0. The quantitative estimate of drug-likeness (QED) is 0.735. The number of carbonyl (C=O) groups is 1. The number of esters is 1. The lowest BCUT2D eigenvalue weighted by Crippen LogP contribution is -2.00. The van der Waals surface area contributed by atoms with Gasteiger partial charge in [-0.05, 0) is 43.5 Å². The largest absolute Gasteiger partial charge is 0.466 e. The number of ether oxygens (including phenoxy) is 1. The summed E-state index contributed by atoms with van der Waals surface area (Å²) in [5, 5.41) is 0. The van der Waals surface area contributed by atoms with E-state index in [-0.39, 0.29) is 5.97 Å². The number of carbonyl (C=O) groups excluding carboxylic acids is 1. The van der Waals surface area contributed by atoms with Crippen molar-refractivity contribution >= 4 is 17.7 Å². The van der Waals surface area contributed by atoms with Crippen molar-refractivity contribution in [2.45, 2.75) is 35.5 Å². The van der Waals surface area contributed by atoms with Crippen LogP contribution in [0.25, 0.3) is 0 Å². The van der Waals surface area contributed by atoms with Crippen LogP contribution in [-0.2, 0) is 9.53 Å². The first-order valence-corrected chi connectivity index (χ1v) is 8.10. The topological polar surface area (TPSA) is 26.3 Å². The van der Waals surface area contributed by atoms with Crippen LogP contribution in [0.4, 0.5) is 0 Å². The minimum Gasteiger partial charge on any atom is -0.466 e. The molecule has 0 spiro atoms. The van der Waals surface area contributed by atoms with Crippen LogP contribution in [0.1, 0.15) is 25.7 Å². The Labute approximate surface area is 130 Å². The van der Waals surface area contributed by atoms with Crippen LogP contribution in [0, 0.1) is 0 Å². The van der Waals surface area contributed by atoms with Gasteiger partial charge in [0.25, 0.3) is 0 Å². The molecule has 0 bridgehead atoms. The molecule has 2 aromatic rings. The molecule has 0 radical (unpaired) electrons. The molecule has 0 unspecified atom stereocenters. The molecule has 1 saturated heterocycles. The maximum atomic E-state index is 10.5. The fourth-order valence-electron chi connectivity index (χ4n) is 1.92. The van der Waals surface area contributed by atoms with E-state index in [2.05, 4.69) is 48.5 Å². The minimum atomic E-state index is -0.0255. The van der Waals surface area contributed by atoms with Crippen LogP contribution in [-0.4, -0.2) is 12.6 Å². The monoisotopic (exact) mass is 300 g/mol. The van der Waals surface area contributed by atoms with Crippen molar-refractivity contribution in [1.29, 1.82) is 0 Å². The molecule has 0 aliphatic carbocycles. The van der Waals surface area contributed by atoms with Gasteiger partial charge in [-0.15, -0.1) is 0 Å². The third-order valence-corrected chi connectivity index (χ3v) is 4.03. The highest BCUT2D eigenvalue weighted by molar-refractivity contribution is 7.99. The normalized spacial score (nSPS) is 14.4. The third-order valence-electron chi connectivity index (χ3n) is 3.01. The average molecular weight is 300 g/mol. The van der Waals surface area contributed by atoms with E-state index in [0.29, 0.717) is 13.0 Å². The molecule has 0 N–H and O–H groups in total. The molecule has 3 heteroatoms. The second-order valence-corrected chi connectivity index (χ2v) is 5.91. The Bertz CT molecular complexity index is 478. The standard InChI is InChI=1S/C12H10S.C6H10O2/c1-3-7-11(8-4-1)13-12-9-5-2-6-10-12;7-6-4-2-1-3-5-8-6/h1-10H;1-5H2. The smallest absolute Gasteiger partial charge is 0.305 e. The summed E-state index contributed by atoms with van der Waals surface area (Å²) < 4.78 is 4.76. The van der Waals surface area contributed by atoms with Crippen molar-refractivity contribution in [1.82, 2.24) is 0 Å². The van der Waals surface area contributed by atoms with Crippen molar-refractivity contribution in [3.05, 3.63) is 60.7 Å². The van der Waals surface area contributed by atoms with E-state index in [1.807, 2.05) is 12.1 Å². The first kappa shape index (κ1) is 15.6. The maximum absolute atomic E-state index is 10.5. The fourth-order valence-corrected chi connectivity index (χ4v) is 2.78. The van der Waals surface area contributed by atoms with Gasteiger partial charge in [0.2, 0.25) is 0 Å². The van der Waals surface area contributed by atoms with E-state index in [9.17, 15) is 4.79 Å². The van der Waals surface area contributed by atoms with E-state index in [1.165, 1.54) is 9.79 Å². The summed E-state index contributed by atoms with van der Waals surface area (Å²) in [5.74, 6) is -0.0255. The molecule has 1 aliphatic rings. The fraction of sp³-hybridized carbons (Fsp3) is 0.278. The lowest BCUT2D eigenvalue weighted by atomic mass is 10.2. The van der Waals surface area contributed by atoms with Gasteiger partial charge in [0.05, 0.1) is 6.61 Å². The van der Waals surface area contributed by atoms with Crippen LogP contribution < -0.4 is 0 Å². The Balaban J connectivity index is 0.000000173. The Morgan fingerprint density at radius 2 is 1.33 bits per heavy atom. The second kappa shape index (κ2) is 9.24. The van der Waals surface area contributed by atoms with Gasteiger partial charge in [-0.2, -0.15) is 0 Å². The summed E-state index contributed by atoms with van der Waals surface area (Å²) in [6, 6.07) is 20.8. The Kier molecular flexibility index (Phi) is 6.89. The minimum absolute atomic E-state index is 0.0255. The summed E-state index contributed by atoms with van der Waals surface area (Å²) in [4.78, 5) is 13.0. The lowest BCUT2D eigenvalue weighted by Gasteiger charge is -1.99. The van der Waals surface area contributed by atoms with Crippen LogP contribution in [0.3, 0.4) is 0 Å². The molecular weight excluding hydrogens is 280 g/mol. The summed E-state index contributed by atoms with van der Waals surface area (Å²) in [6.45, 7) is 0.638. The van der Waals surface area contributed by atoms with E-state index in [0.717, 1.165) is 19.3 Å². The molecule has 2 aromatic carbocycles. The van der Waals surface area contributed by atoms with Crippen LogP contribution in [0.5, 0.6) is 0 Å². The molecule has 0 amide bonds. The number of cyclic esters (lactones) is 1. The Morgan fingerprint density at radius 3 is 1.90 bits per heavy atom. The predicted octanol–water partition coefficient (Wildman–Crippen LogP) is 4.94. The molecule has 1 heterocycles. The van der Waals surface area contributed by atoms with E-state index < -0.39 is 0 Å². The second-order valence-electron chi connectivity index (χ2n) is 4.76. The highest BCUT2D eigenvalue weighted by Gasteiger charge is 2.05. The number of hydrogen-bond acceptors (Lipinski definition) is 3. The van der Waals surface area contributed by atoms with E-state index in [1.54, 1.807) is 11.8 Å². The Morgan fingerprint density at radius 1 is 0.762 bits per heavy atom. The van der Waals surface area contributed by atoms with Crippen molar-refractivity contribution in [2.75, 3.05) is 6.61 Å². The van der Waals surface area contributed by atoms with Gasteiger partial charge in [-0.3, -0.25) is 4.79 Å². The number of rotatable bonds is 2. The molecule has 1 fully saturated rings. The molecule has 1 aliphatic heterocycles. The van der Waals surface area contributed by atoms with E-state index >= 15 is 0 Å². The van der Waals surface area contributed by atoms with Crippen molar-refractivity contribution in [3.8, 4) is 0 Å².